The third-order valence-corrected chi connectivity index (χ3v) is 2.62. The van der Waals surface area contributed by atoms with Crippen LogP contribution in [-0.2, 0) is 0 Å². The molecule has 18 heavy (non-hydrogen) atoms. The number of hydrogen-bond acceptors (Lipinski definition) is 4. The van der Waals surface area contributed by atoms with Crippen LogP contribution in [0.3, 0.4) is 0 Å². The Hall–Kier alpha value is -1.75. The summed E-state index contributed by atoms with van der Waals surface area (Å²) < 4.78 is 0. The number of nitrogens with one attached hydrogen (secondary N) is 1. The van der Waals surface area contributed by atoms with Gasteiger partial charge in [-0.1, -0.05) is 0 Å². The quantitative estimate of drug-likeness (QED) is 0.517. The summed E-state index contributed by atoms with van der Waals surface area (Å²) >= 11 is 0. The number of carbonyl (C=O) groups excluding carboxylic acids is 1. The molecule has 0 bridgehead atoms. The van der Waals surface area contributed by atoms with Crippen molar-refractivity contribution in [3.8, 4) is 0 Å². The fourth-order valence-corrected chi connectivity index (χ4v) is 1.66. The first-order valence-corrected chi connectivity index (χ1v) is 6.02. The lowest BCUT2D eigenvalue weighted by Gasteiger charge is -2.17. The minimum atomic E-state index is -0.135. The van der Waals surface area contributed by atoms with Crippen molar-refractivity contribution in [1.82, 2.24) is 5.32 Å². The van der Waals surface area contributed by atoms with E-state index < -0.39 is 0 Å². The normalized spacial score (nSPS) is 10.2. The lowest BCUT2D eigenvalue weighted by atomic mass is 10.1. The van der Waals surface area contributed by atoms with Gasteiger partial charge in [-0.2, -0.15) is 0 Å². The van der Waals surface area contributed by atoms with Crippen LogP contribution in [0, 0.1) is 0 Å². The minimum absolute atomic E-state index is 0.135. The number of nitrogen functional groups attached to an aromatic ring is 1. The molecule has 0 aliphatic carbocycles. The van der Waals surface area contributed by atoms with Gasteiger partial charge in [0, 0.05) is 38.6 Å². The van der Waals surface area contributed by atoms with Crippen LogP contribution >= 0.6 is 0 Å². The lowest BCUT2D eigenvalue weighted by Crippen LogP contribution is -2.27. The largest absolute Gasteiger partial charge is 0.399 e. The molecule has 0 unspecified atom stereocenters. The zero-order chi connectivity index (χ0) is 13.5. The van der Waals surface area contributed by atoms with Crippen molar-refractivity contribution in [3.05, 3.63) is 23.8 Å². The molecule has 0 heterocycles. The summed E-state index contributed by atoms with van der Waals surface area (Å²) in [6, 6.07) is 5.28. The Balaban J connectivity index is 2.74. The van der Waals surface area contributed by atoms with Crippen LogP contribution in [0.4, 0.5) is 11.4 Å². The van der Waals surface area contributed by atoms with Crippen molar-refractivity contribution in [2.75, 3.05) is 37.9 Å². The Bertz CT molecular complexity index is 405. The number of amides is 1. The summed E-state index contributed by atoms with van der Waals surface area (Å²) in [4.78, 5) is 13.9. The molecule has 0 aliphatic rings. The predicted molar refractivity (Wildman–Crippen MR) is 73.8 cm³/mol. The van der Waals surface area contributed by atoms with E-state index in [1.54, 1.807) is 12.1 Å². The van der Waals surface area contributed by atoms with Crippen molar-refractivity contribution in [3.63, 3.8) is 0 Å². The zero-order valence-corrected chi connectivity index (χ0v) is 10.9. The fourth-order valence-electron chi connectivity index (χ4n) is 1.66. The molecular formula is C13H21N3O2. The molecule has 1 amide bonds. The monoisotopic (exact) mass is 251 g/mol. The highest BCUT2D eigenvalue weighted by Crippen LogP contribution is 2.21. The topological polar surface area (TPSA) is 78.6 Å². The third-order valence-electron chi connectivity index (χ3n) is 2.62. The number of unbranched alkanes of at least 4 members (excludes halogenated alkanes) is 1. The molecule has 4 N–H and O–H groups in total. The Labute approximate surface area is 108 Å². The number of carbonyl (C=O) groups is 1. The fraction of sp³-hybridized carbons (Fsp3) is 0.462. The van der Waals surface area contributed by atoms with E-state index in [0.29, 0.717) is 24.2 Å². The van der Waals surface area contributed by atoms with Crippen LogP contribution in [0.15, 0.2) is 18.2 Å². The number of anilines is 2. The molecule has 0 saturated carbocycles. The average molecular weight is 251 g/mol. The number of hydrogen-bond donors (Lipinski definition) is 3. The van der Waals surface area contributed by atoms with Crippen molar-refractivity contribution < 1.29 is 9.90 Å². The molecule has 5 heteroatoms. The maximum Gasteiger partial charge on any atom is 0.253 e. The zero-order valence-electron chi connectivity index (χ0n) is 10.9. The van der Waals surface area contributed by atoms with Gasteiger partial charge in [-0.15, -0.1) is 0 Å². The highest BCUT2D eigenvalue weighted by molar-refractivity contribution is 6.00. The van der Waals surface area contributed by atoms with Gasteiger partial charge in [-0.05, 0) is 31.0 Å². The molecule has 0 spiro atoms. The lowest BCUT2D eigenvalue weighted by molar-refractivity contribution is 0.0952. The molecule has 0 aromatic heterocycles. The molecule has 5 nitrogen and oxygen atoms in total. The maximum atomic E-state index is 12.0. The first kappa shape index (κ1) is 14.3. The number of nitrogens with zero attached hydrogens (tertiary/aromatic N) is 1. The van der Waals surface area contributed by atoms with Gasteiger partial charge in [-0.3, -0.25) is 4.79 Å². The van der Waals surface area contributed by atoms with Crippen LogP contribution in [0.2, 0.25) is 0 Å². The summed E-state index contributed by atoms with van der Waals surface area (Å²) in [7, 11) is 3.77. The predicted octanol–water partition coefficient (Wildman–Crippen LogP) is 0.837. The van der Waals surface area contributed by atoms with Gasteiger partial charge >= 0.3 is 0 Å². The molecule has 1 aromatic carbocycles. The Morgan fingerprint density at radius 1 is 1.39 bits per heavy atom. The van der Waals surface area contributed by atoms with Crippen LogP contribution < -0.4 is 16.0 Å². The molecule has 1 aromatic rings. The Morgan fingerprint density at radius 3 is 2.72 bits per heavy atom. The SMILES string of the molecule is CN(C)c1ccc(N)cc1C(=O)NCCCCO. The number of aliphatic hydroxyl groups excluding tert-OH is 1. The van der Waals surface area contributed by atoms with Gasteiger partial charge in [0.15, 0.2) is 0 Å². The van der Waals surface area contributed by atoms with Crippen molar-refractivity contribution in [2.24, 2.45) is 0 Å². The number of rotatable bonds is 6. The summed E-state index contributed by atoms with van der Waals surface area (Å²) in [5, 5.41) is 11.5. The first-order valence-electron chi connectivity index (χ1n) is 6.02. The molecule has 1 rings (SSSR count). The van der Waals surface area contributed by atoms with Gasteiger partial charge in [0.1, 0.15) is 0 Å². The van der Waals surface area contributed by atoms with Crippen molar-refractivity contribution >= 4 is 17.3 Å². The van der Waals surface area contributed by atoms with Crippen LogP contribution in [0.5, 0.6) is 0 Å². The second-order valence-corrected chi connectivity index (χ2v) is 4.36. The molecule has 0 fully saturated rings. The number of benzene rings is 1. The first-order chi connectivity index (χ1) is 8.56. The summed E-state index contributed by atoms with van der Waals surface area (Å²) in [6.07, 6.45) is 1.46. The van der Waals surface area contributed by atoms with Crippen LogP contribution in [0.1, 0.15) is 23.2 Å². The van der Waals surface area contributed by atoms with E-state index in [2.05, 4.69) is 5.32 Å². The Morgan fingerprint density at radius 2 is 2.11 bits per heavy atom. The standard InChI is InChI=1S/C13H21N3O2/c1-16(2)12-6-5-10(14)9-11(12)13(18)15-7-3-4-8-17/h5-6,9,17H,3-4,7-8,14H2,1-2H3,(H,15,18). The molecule has 100 valence electrons. The summed E-state index contributed by atoms with van der Waals surface area (Å²) in [6.45, 7) is 0.707. The van der Waals surface area contributed by atoms with E-state index in [9.17, 15) is 4.79 Å². The smallest absolute Gasteiger partial charge is 0.253 e. The molecule has 0 aliphatic heterocycles. The minimum Gasteiger partial charge on any atom is -0.399 e. The summed E-state index contributed by atoms with van der Waals surface area (Å²) in [5.41, 5.74) is 7.69. The average Bonchev–Trinajstić information content (AvgIpc) is 2.34. The van der Waals surface area contributed by atoms with E-state index in [-0.39, 0.29) is 12.5 Å². The second-order valence-electron chi connectivity index (χ2n) is 4.36. The van der Waals surface area contributed by atoms with E-state index in [0.717, 1.165) is 12.1 Å². The van der Waals surface area contributed by atoms with E-state index >= 15 is 0 Å². The number of aliphatic hydroxyl groups is 1. The molecular weight excluding hydrogens is 230 g/mol. The molecule has 0 saturated heterocycles. The van der Waals surface area contributed by atoms with E-state index in [4.69, 9.17) is 10.8 Å². The molecule has 0 atom stereocenters. The van der Waals surface area contributed by atoms with E-state index in [1.165, 1.54) is 0 Å². The maximum absolute atomic E-state index is 12.0. The summed E-state index contributed by atoms with van der Waals surface area (Å²) in [5.74, 6) is -0.135. The number of nitrogens with two attached hydrogens (primary N) is 1. The second kappa shape index (κ2) is 6.86. The third kappa shape index (κ3) is 3.92. The molecule has 0 radical (unpaired) electrons. The highest BCUT2D eigenvalue weighted by Gasteiger charge is 2.12. The van der Waals surface area contributed by atoms with Crippen LogP contribution in [0.25, 0.3) is 0 Å². The van der Waals surface area contributed by atoms with Gasteiger partial charge in [-0.25, -0.2) is 0 Å². The van der Waals surface area contributed by atoms with Crippen molar-refractivity contribution in [2.45, 2.75) is 12.8 Å². The van der Waals surface area contributed by atoms with Gasteiger partial charge in [0.05, 0.1) is 5.56 Å². The van der Waals surface area contributed by atoms with Gasteiger partial charge in [0.2, 0.25) is 0 Å². The van der Waals surface area contributed by atoms with Gasteiger partial charge in [0.25, 0.3) is 5.91 Å². The van der Waals surface area contributed by atoms with Crippen molar-refractivity contribution in [1.29, 1.82) is 0 Å². The highest BCUT2D eigenvalue weighted by atomic mass is 16.2. The Kier molecular flexibility index (Phi) is 5.45. The van der Waals surface area contributed by atoms with Crippen LogP contribution in [-0.4, -0.2) is 38.3 Å². The van der Waals surface area contributed by atoms with Gasteiger partial charge < -0.3 is 21.1 Å². The van der Waals surface area contributed by atoms with E-state index in [1.807, 2.05) is 25.1 Å².